The van der Waals surface area contributed by atoms with Crippen molar-refractivity contribution < 1.29 is 24.2 Å². The Hall–Kier alpha value is -2.58. The highest BCUT2D eigenvalue weighted by Gasteiger charge is 2.47. The van der Waals surface area contributed by atoms with Gasteiger partial charge in [-0.15, -0.1) is 0 Å². The van der Waals surface area contributed by atoms with E-state index in [2.05, 4.69) is 10.4 Å². The van der Waals surface area contributed by atoms with Crippen molar-refractivity contribution in [3.63, 3.8) is 0 Å². The number of nitrogens with one attached hydrogen (secondary N) is 1. The van der Waals surface area contributed by atoms with E-state index >= 15 is 0 Å². The molecule has 2 aromatic rings. The molecule has 0 aliphatic carbocycles. The SMILES string of the molecule is CC(=O)O.C[C@H](N)C1(O)CN(C(=O)c2nn(C)c(=O)cc2Nc2ccc(I)cc2F)C1. The summed E-state index contributed by atoms with van der Waals surface area (Å²) in [7, 11) is 1.42. The van der Waals surface area contributed by atoms with Crippen molar-refractivity contribution in [1.82, 2.24) is 14.7 Å². The zero-order valence-corrected chi connectivity index (χ0v) is 19.3. The number of carbonyl (C=O) groups excluding carboxylic acids is 1. The van der Waals surface area contributed by atoms with Crippen LogP contribution in [0.2, 0.25) is 0 Å². The highest BCUT2D eigenvalue weighted by Crippen LogP contribution is 2.28. The molecule has 0 spiro atoms. The lowest BCUT2D eigenvalue weighted by molar-refractivity contribution is -0.134. The van der Waals surface area contributed by atoms with Gasteiger partial charge in [-0.05, 0) is 47.7 Å². The van der Waals surface area contributed by atoms with E-state index in [4.69, 9.17) is 15.6 Å². The maximum Gasteiger partial charge on any atom is 0.300 e. The van der Waals surface area contributed by atoms with Gasteiger partial charge in [0.25, 0.3) is 17.4 Å². The van der Waals surface area contributed by atoms with Gasteiger partial charge in [-0.25, -0.2) is 9.07 Å². The van der Waals surface area contributed by atoms with E-state index in [0.717, 1.165) is 11.6 Å². The number of aromatic nitrogens is 2. The Kier molecular flexibility index (Phi) is 7.72. The predicted molar refractivity (Wildman–Crippen MR) is 120 cm³/mol. The molecule has 1 saturated heterocycles. The van der Waals surface area contributed by atoms with E-state index in [1.807, 2.05) is 22.6 Å². The molecular weight excluding hydrogens is 524 g/mol. The molecule has 0 bridgehead atoms. The van der Waals surface area contributed by atoms with Crippen molar-refractivity contribution in [2.75, 3.05) is 18.4 Å². The van der Waals surface area contributed by atoms with Gasteiger partial charge < -0.3 is 26.2 Å². The number of amides is 1. The number of hydrogen-bond donors (Lipinski definition) is 4. The first-order valence-corrected chi connectivity index (χ1v) is 10.2. The molecule has 1 amide bonds. The van der Waals surface area contributed by atoms with Gasteiger partial charge in [-0.1, -0.05) is 0 Å². The second-order valence-corrected chi connectivity index (χ2v) is 8.44. The lowest BCUT2D eigenvalue weighted by Crippen LogP contribution is -2.70. The van der Waals surface area contributed by atoms with Crippen LogP contribution in [0.5, 0.6) is 0 Å². The summed E-state index contributed by atoms with van der Waals surface area (Å²) in [6, 6.07) is 5.24. The van der Waals surface area contributed by atoms with Crippen molar-refractivity contribution >= 4 is 45.8 Å². The van der Waals surface area contributed by atoms with Crippen LogP contribution in [0, 0.1) is 9.39 Å². The van der Waals surface area contributed by atoms with Crippen LogP contribution >= 0.6 is 22.6 Å². The van der Waals surface area contributed by atoms with Crippen LogP contribution in [0.4, 0.5) is 15.8 Å². The Balaban J connectivity index is 0.000000785. The minimum absolute atomic E-state index is 0.0400. The minimum atomic E-state index is -1.15. The molecule has 5 N–H and O–H groups in total. The summed E-state index contributed by atoms with van der Waals surface area (Å²) in [5.41, 5.74) is 4.32. The molecule has 1 fully saturated rings. The van der Waals surface area contributed by atoms with Crippen molar-refractivity contribution in [1.29, 1.82) is 0 Å². The summed E-state index contributed by atoms with van der Waals surface area (Å²) in [6.07, 6.45) is 0. The van der Waals surface area contributed by atoms with E-state index in [-0.39, 0.29) is 30.2 Å². The highest BCUT2D eigenvalue weighted by atomic mass is 127. The number of aliphatic carboxylic acids is 1. The van der Waals surface area contributed by atoms with Crippen molar-refractivity contribution in [2.45, 2.75) is 25.5 Å². The second-order valence-electron chi connectivity index (χ2n) is 7.19. The first-order chi connectivity index (χ1) is 14.3. The number of carboxylic acids is 1. The van der Waals surface area contributed by atoms with Gasteiger partial charge in [0.2, 0.25) is 0 Å². The Morgan fingerprint density at radius 1 is 1.32 bits per heavy atom. The summed E-state index contributed by atoms with van der Waals surface area (Å²) in [4.78, 5) is 35.2. The van der Waals surface area contributed by atoms with Crippen LogP contribution in [0.3, 0.4) is 0 Å². The Bertz CT molecular complexity index is 1050. The van der Waals surface area contributed by atoms with Crippen molar-refractivity contribution in [3.05, 3.63) is 49.7 Å². The van der Waals surface area contributed by atoms with Gasteiger partial charge in [0.1, 0.15) is 11.4 Å². The number of carbonyl (C=O) groups is 2. The van der Waals surface area contributed by atoms with E-state index in [9.17, 15) is 19.1 Å². The van der Waals surface area contributed by atoms with Crippen LogP contribution in [-0.2, 0) is 11.8 Å². The number of aryl methyl sites for hydroxylation is 1. The molecule has 2 heterocycles. The molecule has 1 atom stereocenters. The van der Waals surface area contributed by atoms with Crippen LogP contribution < -0.4 is 16.6 Å². The number of carboxylic acid groups (broad SMARTS) is 1. The number of nitrogens with two attached hydrogens (primary N) is 1. The smallest absolute Gasteiger partial charge is 0.300 e. The van der Waals surface area contributed by atoms with Crippen molar-refractivity contribution in [2.24, 2.45) is 12.8 Å². The maximum atomic E-state index is 14.2. The lowest BCUT2D eigenvalue weighted by Gasteiger charge is -2.48. The Morgan fingerprint density at radius 3 is 2.42 bits per heavy atom. The summed E-state index contributed by atoms with van der Waals surface area (Å²) in [5.74, 6) is -1.83. The fourth-order valence-electron chi connectivity index (χ4n) is 2.72. The molecule has 168 valence electrons. The number of β-amino-alcohol motifs (C(OH)–C–C–N with tert-alkyl or cyclic N) is 1. The molecule has 0 radical (unpaired) electrons. The Labute approximate surface area is 191 Å². The predicted octanol–water partition coefficient (Wildman–Crippen LogP) is 0.893. The highest BCUT2D eigenvalue weighted by molar-refractivity contribution is 14.1. The first-order valence-electron chi connectivity index (χ1n) is 9.11. The standard InChI is InChI=1S/C17H19FIN5O3.C2H4O2/c1-9(20)17(27)7-24(8-17)16(26)15-13(6-14(25)23(2)22-15)21-12-4-3-10(19)5-11(12)18;1-2(3)4/h3-6,9,21,27H,7-8,20H2,1-2H3;1H3,(H,3,4)/t9-;/m0./s1. The topological polar surface area (TPSA) is 151 Å². The van der Waals surface area contributed by atoms with Crippen LogP contribution in [-0.4, -0.2) is 61.5 Å². The molecule has 31 heavy (non-hydrogen) atoms. The lowest BCUT2D eigenvalue weighted by atomic mass is 9.87. The minimum Gasteiger partial charge on any atom is -0.481 e. The number of benzene rings is 1. The number of hydrogen-bond acceptors (Lipinski definition) is 7. The largest absolute Gasteiger partial charge is 0.481 e. The van der Waals surface area contributed by atoms with Crippen LogP contribution in [0.15, 0.2) is 29.1 Å². The van der Waals surface area contributed by atoms with E-state index < -0.39 is 34.9 Å². The van der Waals surface area contributed by atoms with E-state index in [1.54, 1.807) is 13.0 Å². The Morgan fingerprint density at radius 2 is 1.90 bits per heavy atom. The summed E-state index contributed by atoms with van der Waals surface area (Å²) >= 11 is 1.98. The number of aliphatic hydroxyl groups is 1. The molecule has 1 aromatic carbocycles. The average molecular weight is 547 g/mol. The van der Waals surface area contributed by atoms with Gasteiger partial charge >= 0.3 is 0 Å². The molecule has 12 heteroatoms. The first kappa shape index (κ1) is 24.7. The third kappa shape index (κ3) is 5.98. The molecule has 1 aliphatic heterocycles. The molecule has 0 saturated carbocycles. The van der Waals surface area contributed by atoms with Crippen LogP contribution in [0.1, 0.15) is 24.3 Å². The zero-order valence-electron chi connectivity index (χ0n) is 17.1. The zero-order chi connectivity index (χ0) is 23.5. The van der Waals surface area contributed by atoms with E-state index in [0.29, 0.717) is 3.57 Å². The van der Waals surface area contributed by atoms with E-state index in [1.165, 1.54) is 30.1 Å². The van der Waals surface area contributed by atoms with Gasteiger partial charge in [-0.2, -0.15) is 5.10 Å². The molecule has 3 rings (SSSR count). The van der Waals surface area contributed by atoms with Gasteiger partial charge in [0, 0.05) is 29.6 Å². The molecule has 1 aromatic heterocycles. The van der Waals surface area contributed by atoms with Gasteiger partial charge in [-0.3, -0.25) is 14.4 Å². The maximum absolute atomic E-state index is 14.2. The molecule has 1 aliphatic rings. The van der Waals surface area contributed by atoms with Crippen molar-refractivity contribution in [3.8, 4) is 0 Å². The third-order valence-corrected chi connectivity index (χ3v) is 5.23. The fraction of sp³-hybridized carbons (Fsp3) is 0.368. The third-order valence-electron chi connectivity index (χ3n) is 4.56. The monoisotopic (exact) mass is 547 g/mol. The molecule has 10 nitrogen and oxygen atoms in total. The molecular formula is C19H23FIN5O5. The van der Waals surface area contributed by atoms with Gasteiger partial charge in [0.15, 0.2) is 5.69 Å². The number of rotatable bonds is 4. The quantitative estimate of drug-likeness (QED) is 0.413. The van der Waals surface area contributed by atoms with Crippen LogP contribution in [0.25, 0.3) is 0 Å². The summed E-state index contributed by atoms with van der Waals surface area (Å²) in [6.45, 7) is 2.87. The summed E-state index contributed by atoms with van der Waals surface area (Å²) in [5, 5.41) is 24.5. The molecule has 0 unspecified atom stereocenters. The number of likely N-dealkylation sites (tertiary alicyclic amines) is 1. The fourth-order valence-corrected chi connectivity index (χ4v) is 3.18. The number of nitrogens with zero attached hydrogens (tertiary/aromatic N) is 3. The second kappa shape index (κ2) is 9.70. The number of halogens is 2. The van der Waals surface area contributed by atoms with Gasteiger partial charge in [0.05, 0.1) is 24.5 Å². The summed E-state index contributed by atoms with van der Waals surface area (Å²) < 4.78 is 15.9. The normalized spacial score (nSPS) is 15.3. The number of anilines is 2. The average Bonchev–Trinajstić information content (AvgIpc) is 2.62.